The molecule has 0 amide bonds. The average molecular weight is 246 g/mol. The number of nitrogens with zero attached hydrogens (tertiary/aromatic N) is 5. The number of pyridine rings is 1. The van der Waals surface area contributed by atoms with E-state index in [0.717, 1.165) is 5.56 Å². The number of hydrogen-bond acceptors (Lipinski definition) is 4. The Morgan fingerprint density at radius 1 is 1.41 bits per heavy atom. The standard InChI is InChI=1S/C11H8ClN5/c12-10-3-2-9(6-15-10)7-17-5-1-4-14-11(17)16-8-13/h1-6H,7H2. The minimum absolute atomic E-state index is 0.366. The summed E-state index contributed by atoms with van der Waals surface area (Å²) in [5.41, 5.74) is 1.33. The lowest BCUT2D eigenvalue weighted by atomic mass is 10.3. The zero-order valence-electron chi connectivity index (χ0n) is 8.79. The fourth-order valence-electron chi connectivity index (χ4n) is 1.35. The highest BCUT2D eigenvalue weighted by Gasteiger charge is 1.97. The minimum Gasteiger partial charge on any atom is -0.312 e. The second kappa shape index (κ2) is 5.23. The SMILES string of the molecule is N#CN=c1ncccn1Cc1ccc(Cl)nc1. The van der Waals surface area contributed by atoms with E-state index in [1.165, 1.54) is 0 Å². The van der Waals surface area contributed by atoms with Crippen LogP contribution in [0.25, 0.3) is 0 Å². The summed E-state index contributed by atoms with van der Waals surface area (Å²) in [7, 11) is 0. The van der Waals surface area contributed by atoms with E-state index in [1.54, 1.807) is 41.5 Å². The Labute approximate surface area is 103 Å². The van der Waals surface area contributed by atoms with Crippen molar-refractivity contribution in [3.63, 3.8) is 0 Å². The van der Waals surface area contributed by atoms with Gasteiger partial charge in [0.15, 0.2) is 0 Å². The van der Waals surface area contributed by atoms with E-state index in [2.05, 4.69) is 15.0 Å². The van der Waals surface area contributed by atoms with Crippen molar-refractivity contribution in [2.45, 2.75) is 6.54 Å². The van der Waals surface area contributed by atoms with Gasteiger partial charge >= 0.3 is 0 Å². The molecule has 17 heavy (non-hydrogen) atoms. The van der Waals surface area contributed by atoms with Crippen LogP contribution in [0.3, 0.4) is 0 Å². The van der Waals surface area contributed by atoms with E-state index >= 15 is 0 Å². The van der Waals surface area contributed by atoms with Crippen molar-refractivity contribution in [2.75, 3.05) is 0 Å². The number of nitriles is 1. The smallest absolute Gasteiger partial charge is 0.240 e. The Balaban J connectivity index is 2.34. The summed E-state index contributed by atoms with van der Waals surface area (Å²) in [6.45, 7) is 0.540. The maximum absolute atomic E-state index is 8.55. The van der Waals surface area contributed by atoms with Gasteiger partial charge in [-0.05, 0) is 17.7 Å². The minimum atomic E-state index is 0.366. The van der Waals surface area contributed by atoms with Gasteiger partial charge in [-0.15, -0.1) is 4.99 Å². The van der Waals surface area contributed by atoms with Gasteiger partial charge in [-0.3, -0.25) is 0 Å². The highest BCUT2D eigenvalue weighted by molar-refractivity contribution is 6.29. The van der Waals surface area contributed by atoms with Gasteiger partial charge < -0.3 is 4.57 Å². The van der Waals surface area contributed by atoms with Crippen molar-refractivity contribution >= 4 is 11.6 Å². The molecule has 2 rings (SSSR count). The number of rotatable bonds is 2. The van der Waals surface area contributed by atoms with Crippen molar-refractivity contribution in [3.05, 3.63) is 53.1 Å². The molecular weight excluding hydrogens is 238 g/mol. The Kier molecular flexibility index (Phi) is 3.48. The van der Waals surface area contributed by atoms with E-state index in [4.69, 9.17) is 16.9 Å². The van der Waals surface area contributed by atoms with E-state index in [0.29, 0.717) is 17.3 Å². The molecule has 0 bridgehead atoms. The number of hydrogen-bond donors (Lipinski definition) is 0. The molecule has 0 aliphatic heterocycles. The van der Waals surface area contributed by atoms with E-state index < -0.39 is 0 Å². The van der Waals surface area contributed by atoms with Crippen LogP contribution in [0.5, 0.6) is 0 Å². The van der Waals surface area contributed by atoms with Crippen LogP contribution in [-0.2, 0) is 6.54 Å². The Morgan fingerprint density at radius 2 is 2.29 bits per heavy atom. The van der Waals surface area contributed by atoms with Crippen molar-refractivity contribution in [1.82, 2.24) is 14.5 Å². The fourth-order valence-corrected chi connectivity index (χ4v) is 1.46. The van der Waals surface area contributed by atoms with Crippen LogP contribution in [0.4, 0.5) is 0 Å². The molecule has 0 radical (unpaired) electrons. The molecule has 0 spiro atoms. The Hall–Kier alpha value is -2.19. The molecule has 0 atom stereocenters. The summed E-state index contributed by atoms with van der Waals surface area (Å²) in [5, 5.41) is 9.00. The third-order valence-corrected chi connectivity index (χ3v) is 2.31. The molecule has 0 fully saturated rings. The topological polar surface area (TPSA) is 66.9 Å². The lowest BCUT2D eigenvalue weighted by molar-refractivity contribution is 0.706. The summed E-state index contributed by atoms with van der Waals surface area (Å²) >= 11 is 5.70. The molecule has 6 heteroatoms. The van der Waals surface area contributed by atoms with Crippen molar-refractivity contribution in [3.8, 4) is 6.19 Å². The molecule has 0 aliphatic rings. The maximum Gasteiger partial charge on any atom is 0.240 e. The average Bonchev–Trinajstić information content (AvgIpc) is 2.35. The predicted octanol–water partition coefficient (Wildman–Crippen LogP) is 1.36. The highest BCUT2D eigenvalue weighted by Crippen LogP contribution is 2.05. The molecule has 5 nitrogen and oxygen atoms in total. The maximum atomic E-state index is 8.55. The molecule has 0 aromatic carbocycles. The molecule has 0 saturated heterocycles. The van der Waals surface area contributed by atoms with Gasteiger partial charge in [-0.1, -0.05) is 17.7 Å². The van der Waals surface area contributed by atoms with Crippen LogP contribution in [0.15, 0.2) is 41.8 Å². The third kappa shape index (κ3) is 2.89. The molecule has 0 N–H and O–H groups in total. The fraction of sp³-hybridized carbons (Fsp3) is 0.0909. The van der Waals surface area contributed by atoms with Crippen molar-refractivity contribution in [1.29, 1.82) is 5.26 Å². The van der Waals surface area contributed by atoms with E-state index in [9.17, 15) is 0 Å². The monoisotopic (exact) mass is 245 g/mol. The lowest BCUT2D eigenvalue weighted by Crippen LogP contribution is -2.23. The molecule has 2 aromatic heterocycles. The van der Waals surface area contributed by atoms with Crippen LogP contribution < -0.4 is 5.62 Å². The van der Waals surface area contributed by atoms with Gasteiger partial charge in [0.05, 0.1) is 6.54 Å². The van der Waals surface area contributed by atoms with Crippen LogP contribution in [0.2, 0.25) is 5.15 Å². The van der Waals surface area contributed by atoms with Crippen LogP contribution in [0.1, 0.15) is 5.56 Å². The van der Waals surface area contributed by atoms with Crippen LogP contribution >= 0.6 is 11.6 Å². The van der Waals surface area contributed by atoms with Crippen LogP contribution in [0, 0.1) is 11.5 Å². The predicted molar refractivity (Wildman–Crippen MR) is 61.8 cm³/mol. The van der Waals surface area contributed by atoms with Gasteiger partial charge in [-0.25, -0.2) is 9.97 Å². The zero-order valence-corrected chi connectivity index (χ0v) is 9.54. The first-order valence-corrected chi connectivity index (χ1v) is 5.22. The number of halogens is 1. The molecule has 0 aliphatic carbocycles. The molecular formula is C11H8ClN5. The highest BCUT2D eigenvalue weighted by atomic mass is 35.5. The van der Waals surface area contributed by atoms with Gasteiger partial charge in [0.2, 0.25) is 11.8 Å². The second-order valence-corrected chi connectivity index (χ2v) is 3.64. The Morgan fingerprint density at radius 3 is 3.00 bits per heavy atom. The molecule has 2 aromatic rings. The normalized spacial score (nSPS) is 11.2. The lowest BCUT2D eigenvalue weighted by Gasteiger charge is -2.05. The van der Waals surface area contributed by atoms with Gasteiger partial charge in [0, 0.05) is 18.6 Å². The zero-order chi connectivity index (χ0) is 12.1. The van der Waals surface area contributed by atoms with Crippen LogP contribution in [-0.4, -0.2) is 14.5 Å². The van der Waals surface area contributed by atoms with E-state index in [-0.39, 0.29) is 0 Å². The molecule has 2 heterocycles. The van der Waals surface area contributed by atoms with Crippen molar-refractivity contribution in [2.24, 2.45) is 4.99 Å². The quantitative estimate of drug-likeness (QED) is 0.593. The van der Waals surface area contributed by atoms with Gasteiger partial charge in [-0.2, -0.15) is 5.26 Å². The molecule has 0 unspecified atom stereocenters. The van der Waals surface area contributed by atoms with Crippen molar-refractivity contribution < 1.29 is 0 Å². The summed E-state index contributed by atoms with van der Waals surface area (Å²) in [6, 6.07) is 5.36. The summed E-state index contributed by atoms with van der Waals surface area (Å²) in [4.78, 5) is 11.6. The summed E-state index contributed by atoms with van der Waals surface area (Å²) in [5.74, 6) is 0. The molecule has 0 saturated carbocycles. The third-order valence-electron chi connectivity index (χ3n) is 2.09. The second-order valence-electron chi connectivity index (χ2n) is 3.25. The van der Waals surface area contributed by atoms with Gasteiger partial charge in [0.25, 0.3) is 0 Å². The Bertz CT molecular complexity index is 609. The molecule has 84 valence electrons. The summed E-state index contributed by atoms with van der Waals surface area (Å²) < 4.78 is 1.76. The first-order chi connectivity index (χ1) is 8.29. The summed E-state index contributed by atoms with van der Waals surface area (Å²) in [6.07, 6.45) is 6.80. The number of aromatic nitrogens is 3. The van der Waals surface area contributed by atoms with Gasteiger partial charge in [0.1, 0.15) is 5.15 Å². The first-order valence-electron chi connectivity index (χ1n) is 4.84. The first kappa shape index (κ1) is 11.3. The van der Waals surface area contributed by atoms with E-state index in [1.807, 2.05) is 6.07 Å². The largest absolute Gasteiger partial charge is 0.312 e.